The van der Waals surface area contributed by atoms with E-state index in [9.17, 15) is 13.2 Å². The van der Waals surface area contributed by atoms with Crippen LogP contribution in [0, 0.1) is 0 Å². The number of allylic oxidation sites excluding steroid dienone is 1. The molecule has 11 nitrogen and oxygen atoms in total. The number of hydrogen-bond acceptors (Lipinski definition) is 11. The lowest BCUT2D eigenvalue weighted by Crippen LogP contribution is -2.30. The Hall–Kier alpha value is -5.23. The minimum absolute atomic E-state index is 0.0624. The topological polar surface area (TPSA) is 163 Å². The van der Waals surface area contributed by atoms with Crippen LogP contribution in [0.25, 0.3) is 0 Å². The maximum atomic E-state index is 13.6. The van der Waals surface area contributed by atoms with Crippen molar-refractivity contribution < 1.29 is 22.7 Å². The van der Waals surface area contributed by atoms with Gasteiger partial charge in [0.1, 0.15) is 5.82 Å². The minimum atomic E-state index is -3.69. The number of fused-ring (bicyclic) bond motifs is 1. The van der Waals surface area contributed by atoms with Crippen molar-refractivity contribution in [2.24, 2.45) is 5.10 Å². The SMILES string of the molecule is COc1cc(Cc2cnc(N)nc2N)cc(C(=O)/C=C/N2N=Cc3ccccc3C2CS(=O)(=O)c2ccccc2)c1OC. The zero-order valence-electron chi connectivity index (χ0n) is 23.5. The summed E-state index contributed by atoms with van der Waals surface area (Å²) in [5.74, 6) is 0.239. The van der Waals surface area contributed by atoms with Gasteiger partial charge in [0.05, 0.1) is 42.7 Å². The molecule has 1 aromatic heterocycles. The number of anilines is 2. The number of benzene rings is 3. The first-order valence-electron chi connectivity index (χ1n) is 13.2. The number of nitrogens with two attached hydrogens (primary N) is 2. The van der Waals surface area contributed by atoms with Crippen LogP contribution in [0.1, 0.15) is 38.7 Å². The van der Waals surface area contributed by atoms with Crippen LogP contribution in [-0.2, 0) is 16.3 Å². The lowest BCUT2D eigenvalue weighted by Gasteiger charge is -2.30. The number of carbonyl (C=O) groups is 1. The molecule has 1 aliphatic heterocycles. The maximum absolute atomic E-state index is 13.6. The average Bonchev–Trinajstić information content (AvgIpc) is 3.01. The smallest absolute Gasteiger partial charge is 0.221 e. The summed E-state index contributed by atoms with van der Waals surface area (Å²) in [5, 5.41) is 5.96. The lowest BCUT2D eigenvalue weighted by atomic mass is 9.99. The Morgan fingerprint density at radius 2 is 1.77 bits per heavy atom. The van der Waals surface area contributed by atoms with E-state index in [0.29, 0.717) is 23.3 Å². The van der Waals surface area contributed by atoms with Crippen molar-refractivity contribution in [2.75, 3.05) is 31.4 Å². The Kier molecular flexibility index (Phi) is 8.39. The summed E-state index contributed by atoms with van der Waals surface area (Å²) in [6.07, 6.45) is 6.29. The molecule has 1 unspecified atom stereocenters. The van der Waals surface area contributed by atoms with Crippen LogP contribution >= 0.6 is 0 Å². The summed E-state index contributed by atoms with van der Waals surface area (Å²) in [4.78, 5) is 21.8. The van der Waals surface area contributed by atoms with Gasteiger partial charge in [-0.05, 0) is 41.0 Å². The summed E-state index contributed by atoms with van der Waals surface area (Å²) in [5.41, 5.74) is 14.8. The molecular formula is C31H30N6O5S. The minimum Gasteiger partial charge on any atom is -0.493 e. The zero-order valence-corrected chi connectivity index (χ0v) is 24.4. The first-order valence-corrected chi connectivity index (χ1v) is 14.9. The summed E-state index contributed by atoms with van der Waals surface area (Å²) >= 11 is 0. The van der Waals surface area contributed by atoms with Gasteiger partial charge in [0.25, 0.3) is 0 Å². The monoisotopic (exact) mass is 598 g/mol. The number of hydrogen-bond donors (Lipinski definition) is 2. The van der Waals surface area contributed by atoms with E-state index >= 15 is 0 Å². The van der Waals surface area contributed by atoms with Gasteiger partial charge in [-0.2, -0.15) is 10.1 Å². The van der Waals surface area contributed by atoms with E-state index in [2.05, 4.69) is 15.1 Å². The number of ether oxygens (including phenoxy) is 2. The molecule has 5 rings (SSSR count). The molecule has 0 bridgehead atoms. The molecule has 3 aromatic carbocycles. The van der Waals surface area contributed by atoms with Crippen LogP contribution in [0.4, 0.5) is 11.8 Å². The highest BCUT2D eigenvalue weighted by molar-refractivity contribution is 7.91. The first-order chi connectivity index (χ1) is 20.7. The fraction of sp³-hybridized carbons (Fsp3) is 0.161. The predicted octanol–water partition coefficient (Wildman–Crippen LogP) is 3.81. The molecule has 1 atom stereocenters. The maximum Gasteiger partial charge on any atom is 0.221 e. The Labute approximate surface area is 249 Å². The van der Waals surface area contributed by atoms with Crippen molar-refractivity contribution in [2.45, 2.75) is 17.4 Å². The number of ketones is 1. The molecule has 0 amide bonds. The number of nitrogens with zero attached hydrogens (tertiary/aromatic N) is 4. The molecular weight excluding hydrogens is 568 g/mol. The molecule has 2 heterocycles. The standard InChI is InChI=1S/C31H30N6O5S/c1-41-28-16-20(14-22-17-34-31(33)36-30(22)32)15-25(29(28)42-2)27(38)12-13-37-26(24-11-7-6-8-21(24)18-35-37)19-43(39,40)23-9-4-3-5-10-23/h3-13,15-18,26H,14,19H2,1-2H3,(H4,32,33,34,36)/b13-12+. The van der Waals surface area contributed by atoms with Gasteiger partial charge < -0.3 is 20.9 Å². The molecule has 43 heavy (non-hydrogen) atoms. The Bertz CT molecular complexity index is 1830. The second-order valence-electron chi connectivity index (χ2n) is 9.74. The van der Waals surface area contributed by atoms with Crippen molar-refractivity contribution in [3.8, 4) is 11.5 Å². The van der Waals surface area contributed by atoms with Crippen molar-refractivity contribution >= 4 is 33.6 Å². The third-order valence-corrected chi connectivity index (χ3v) is 8.72. The fourth-order valence-corrected chi connectivity index (χ4v) is 6.37. The van der Waals surface area contributed by atoms with Crippen LogP contribution in [0.2, 0.25) is 0 Å². The molecule has 0 saturated carbocycles. The quantitative estimate of drug-likeness (QED) is 0.203. The van der Waals surface area contributed by atoms with Gasteiger partial charge in [0.2, 0.25) is 5.95 Å². The Morgan fingerprint density at radius 3 is 2.49 bits per heavy atom. The molecule has 220 valence electrons. The molecule has 0 fully saturated rings. The van der Waals surface area contributed by atoms with E-state index in [1.165, 1.54) is 37.7 Å². The van der Waals surface area contributed by atoms with E-state index < -0.39 is 21.7 Å². The number of rotatable bonds is 10. The van der Waals surface area contributed by atoms with E-state index in [-0.39, 0.29) is 33.7 Å². The molecule has 0 radical (unpaired) electrons. The van der Waals surface area contributed by atoms with Crippen LogP contribution in [0.15, 0.2) is 95.2 Å². The molecule has 1 aliphatic rings. The van der Waals surface area contributed by atoms with Gasteiger partial charge in [-0.3, -0.25) is 9.80 Å². The molecule has 12 heteroatoms. The highest BCUT2D eigenvalue weighted by Gasteiger charge is 2.30. The van der Waals surface area contributed by atoms with Crippen LogP contribution in [-0.4, -0.2) is 55.4 Å². The number of hydrazone groups is 1. The van der Waals surface area contributed by atoms with E-state index in [0.717, 1.165) is 11.1 Å². The van der Waals surface area contributed by atoms with Gasteiger partial charge in [-0.1, -0.05) is 42.5 Å². The molecule has 0 spiro atoms. The third kappa shape index (κ3) is 6.33. The van der Waals surface area contributed by atoms with E-state index in [1.807, 2.05) is 24.3 Å². The van der Waals surface area contributed by atoms with Gasteiger partial charge >= 0.3 is 0 Å². The van der Waals surface area contributed by atoms with Gasteiger partial charge in [0, 0.05) is 30.5 Å². The largest absolute Gasteiger partial charge is 0.493 e. The number of carbonyl (C=O) groups excluding carboxylic acids is 1. The van der Waals surface area contributed by atoms with Crippen molar-refractivity contribution in [1.82, 2.24) is 15.0 Å². The number of methoxy groups -OCH3 is 2. The summed E-state index contributed by atoms with van der Waals surface area (Å²) in [6, 6.07) is 18.4. The van der Waals surface area contributed by atoms with E-state index in [1.54, 1.807) is 48.7 Å². The number of aromatic nitrogens is 2. The summed E-state index contributed by atoms with van der Waals surface area (Å²) < 4.78 is 37.8. The average molecular weight is 599 g/mol. The van der Waals surface area contributed by atoms with Crippen molar-refractivity contribution in [1.29, 1.82) is 0 Å². The summed E-state index contributed by atoms with van der Waals surface area (Å²) in [7, 11) is -0.766. The van der Waals surface area contributed by atoms with Crippen molar-refractivity contribution in [3.05, 3.63) is 113 Å². The Morgan fingerprint density at radius 1 is 1.02 bits per heavy atom. The second-order valence-corrected chi connectivity index (χ2v) is 11.8. The van der Waals surface area contributed by atoms with Gasteiger partial charge in [-0.25, -0.2) is 13.4 Å². The molecule has 4 N–H and O–H groups in total. The second kappa shape index (κ2) is 12.3. The normalized spacial score (nSPS) is 14.5. The highest BCUT2D eigenvalue weighted by Crippen LogP contribution is 2.35. The zero-order chi connectivity index (χ0) is 30.6. The Balaban J connectivity index is 1.47. The van der Waals surface area contributed by atoms with Crippen LogP contribution in [0.3, 0.4) is 0 Å². The number of sulfone groups is 1. The summed E-state index contributed by atoms with van der Waals surface area (Å²) in [6.45, 7) is 0. The van der Waals surface area contributed by atoms with Gasteiger partial charge in [-0.15, -0.1) is 0 Å². The predicted molar refractivity (Wildman–Crippen MR) is 164 cm³/mol. The molecule has 4 aromatic rings. The van der Waals surface area contributed by atoms with Crippen LogP contribution in [0.5, 0.6) is 11.5 Å². The van der Waals surface area contributed by atoms with Crippen LogP contribution < -0.4 is 20.9 Å². The van der Waals surface area contributed by atoms with E-state index in [4.69, 9.17) is 20.9 Å². The van der Waals surface area contributed by atoms with Crippen molar-refractivity contribution in [3.63, 3.8) is 0 Å². The molecule has 0 aliphatic carbocycles. The fourth-order valence-electron chi connectivity index (χ4n) is 4.85. The molecule has 0 saturated heterocycles. The first kappa shape index (κ1) is 29.3. The third-order valence-electron chi connectivity index (χ3n) is 6.98. The lowest BCUT2D eigenvalue weighted by molar-refractivity contribution is 0.104. The highest BCUT2D eigenvalue weighted by atomic mass is 32.2. The number of nitrogen functional groups attached to an aromatic ring is 2. The van der Waals surface area contributed by atoms with Gasteiger partial charge in [0.15, 0.2) is 27.1 Å².